The molecule has 1 amide bonds. The first-order valence-corrected chi connectivity index (χ1v) is 7.78. The molecule has 7 nitrogen and oxygen atoms in total. The molecule has 132 valence electrons. The first-order valence-electron chi connectivity index (χ1n) is 7.78. The van der Waals surface area contributed by atoms with Crippen molar-refractivity contribution in [3.8, 4) is 17.2 Å². The van der Waals surface area contributed by atoms with Crippen molar-refractivity contribution in [3.05, 3.63) is 48.0 Å². The predicted molar refractivity (Wildman–Crippen MR) is 96.5 cm³/mol. The Morgan fingerprint density at radius 1 is 1.24 bits per heavy atom. The van der Waals surface area contributed by atoms with E-state index in [2.05, 4.69) is 15.8 Å². The van der Waals surface area contributed by atoms with E-state index in [1.165, 1.54) is 12.3 Å². The van der Waals surface area contributed by atoms with E-state index >= 15 is 0 Å². The summed E-state index contributed by atoms with van der Waals surface area (Å²) < 4.78 is 10.4. The second kappa shape index (κ2) is 9.17. The highest BCUT2D eigenvalue weighted by Gasteiger charge is 2.04. The Kier molecular flexibility index (Phi) is 6.65. The number of rotatable bonds is 8. The first kappa shape index (κ1) is 18.1. The normalized spacial score (nSPS) is 10.5. The molecule has 0 fully saturated rings. The third kappa shape index (κ3) is 5.42. The number of carbonyl (C=O) groups excluding carboxylic acids is 1. The van der Waals surface area contributed by atoms with Crippen LogP contribution in [0.5, 0.6) is 17.2 Å². The fourth-order valence-electron chi connectivity index (χ4n) is 2.08. The van der Waals surface area contributed by atoms with Crippen LogP contribution in [0.25, 0.3) is 0 Å². The Balaban J connectivity index is 1.85. The number of carbonyl (C=O) groups is 1. The molecular formula is C18H21N3O4. The van der Waals surface area contributed by atoms with Crippen molar-refractivity contribution >= 4 is 17.8 Å². The van der Waals surface area contributed by atoms with Gasteiger partial charge in [0.15, 0.2) is 11.5 Å². The zero-order valence-corrected chi connectivity index (χ0v) is 14.2. The molecule has 3 N–H and O–H groups in total. The summed E-state index contributed by atoms with van der Waals surface area (Å²) >= 11 is 0. The maximum Gasteiger partial charge on any atom is 0.259 e. The molecule has 0 bridgehead atoms. The molecule has 0 aliphatic rings. The van der Waals surface area contributed by atoms with Crippen molar-refractivity contribution in [2.75, 3.05) is 25.6 Å². The summed E-state index contributed by atoms with van der Waals surface area (Å²) in [5.41, 5.74) is 3.77. The van der Waals surface area contributed by atoms with E-state index in [-0.39, 0.29) is 18.2 Å². The highest BCUT2D eigenvalue weighted by atomic mass is 16.5. The molecule has 0 radical (unpaired) electrons. The van der Waals surface area contributed by atoms with Crippen molar-refractivity contribution in [2.24, 2.45) is 5.10 Å². The third-order valence-corrected chi connectivity index (χ3v) is 3.23. The van der Waals surface area contributed by atoms with Crippen LogP contribution in [0.3, 0.4) is 0 Å². The summed E-state index contributed by atoms with van der Waals surface area (Å²) in [6.07, 6.45) is 1.44. The number of hydrazone groups is 1. The Hall–Kier alpha value is -3.22. The summed E-state index contributed by atoms with van der Waals surface area (Å²) in [6, 6.07) is 12.2. The maximum absolute atomic E-state index is 11.8. The molecule has 2 aromatic rings. The summed E-state index contributed by atoms with van der Waals surface area (Å²) in [6.45, 7) is 2.35. The molecule has 0 heterocycles. The van der Waals surface area contributed by atoms with E-state index in [9.17, 15) is 9.90 Å². The highest BCUT2D eigenvalue weighted by Crippen LogP contribution is 2.26. The molecule has 0 aliphatic carbocycles. The predicted octanol–water partition coefficient (Wildman–Crippen LogP) is 2.36. The van der Waals surface area contributed by atoms with Gasteiger partial charge < -0.3 is 19.9 Å². The maximum atomic E-state index is 11.8. The van der Waals surface area contributed by atoms with Gasteiger partial charge in [-0.3, -0.25) is 4.79 Å². The Morgan fingerprint density at radius 2 is 2.04 bits per heavy atom. The van der Waals surface area contributed by atoms with Crippen LogP contribution in [-0.4, -0.2) is 37.5 Å². The van der Waals surface area contributed by atoms with Gasteiger partial charge in [-0.05, 0) is 42.8 Å². The third-order valence-electron chi connectivity index (χ3n) is 3.23. The van der Waals surface area contributed by atoms with E-state index in [1.807, 2.05) is 25.1 Å². The number of amides is 1. The smallest absolute Gasteiger partial charge is 0.259 e. The van der Waals surface area contributed by atoms with E-state index in [0.29, 0.717) is 23.7 Å². The average Bonchev–Trinajstić information content (AvgIpc) is 2.62. The fourth-order valence-corrected chi connectivity index (χ4v) is 2.08. The van der Waals surface area contributed by atoms with Gasteiger partial charge in [-0.25, -0.2) is 5.43 Å². The number of para-hydroxylation sites is 2. The standard InChI is InChI=1S/C18H21N3O4/c1-3-25-17-9-8-13(10-15(17)22)11-20-21-18(23)12-19-14-6-4-5-7-16(14)24-2/h4-11,19,22H,3,12H2,1-2H3,(H,21,23). The second-order valence-electron chi connectivity index (χ2n) is 5.01. The van der Waals surface area contributed by atoms with Crippen molar-refractivity contribution < 1.29 is 19.4 Å². The van der Waals surface area contributed by atoms with Gasteiger partial charge >= 0.3 is 0 Å². The molecule has 2 aromatic carbocycles. The molecule has 2 rings (SSSR count). The van der Waals surface area contributed by atoms with Crippen LogP contribution < -0.4 is 20.2 Å². The lowest BCUT2D eigenvalue weighted by atomic mass is 10.2. The van der Waals surface area contributed by atoms with Crippen molar-refractivity contribution in [1.29, 1.82) is 0 Å². The van der Waals surface area contributed by atoms with Gasteiger partial charge in [0.05, 0.1) is 32.2 Å². The monoisotopic (exact) mass is 343 g/mol. The molecule has 0 unspecified atom stereocenters. The molecule has 0 saturated heterocycles. The van der Waals surface area contributed by atoms with Crippen LogP contribution in [0.2, 0.25) is 0 Å². The number of anilines is 1. The topological polar surface area (TPSA) is 92.2 Å². The van der Waals surface area contributed by atoms with Crippen LogP contribution in [0, 0.1) is 0 Å². The molecule has 0 saturated carbocycles. The van der Waals surface area contributed by atoms with Crippen molar-refractivity contribution in [1.82, 2.24) is 5.43 Å². The van der Waals surface area contributed by atoms with Gasteiger partial charge in [0.25, 0.3) is 5.91 Å². The van der Waals surface area contributed by atoms with Crippen molar-refractivity contribution in [3.63, 3.8) is 0 Å². The summed E-state index contributed by atoms with van der Waals surface area (Å²) in [5, 5.41) is 16.6. The summed E-state index contributed by atoms with van der Waals surface area (Å²) in [4.78, 5) is 11.8. The van der Waals surface area contributed by atoms with E-state index in [4.69, 9.17) is 9.47 Å². The first-order chi connectivity index (χ1) is 12.1. The van der Waals surface area contributed by atoms with Crippen LogP contribution in [0.1, 0.15) is 12.5 Å². The molecular weight excluding hydrogens is 322 g/mol. The van der Waals surface area contributed by atoms with Crippen LogP contribution >= 0.6 is 0 Å². The molecule has 25 heavy (non-hydrogen) atoms. The van der Waals surface area contributed by atoms with Gasteiger partial charge in [0, 0.05) is 0 Å². The number of nitrogens with zero attached hydrogens (tertiary/aromatic N) is 1. The van der Waals surface area contributed by atoms with Gasteiger partial charge in [0.2, 0.25) is 0 Å². The minimum atomic E-state index is -0.308. The molecule has 7 heteroatoms. The van der Waals surface area contributed by atoms with Crippen LogP contribution in [0.4, 0.5) is 5.69 Å². The number of nitrogens with one attached hydrogen (secondary N) is 2. The number of methoxy groups -OCH3 is 1. The lowest BCUT2D eigenvalue weighted by molar-refractivity contribution is -0.119. The number of hydrogen-bond donors (Lipinski definition) is 3. The second-order valence-corrected chi connectivity index (χ2v) is 5.01. The van der Waals surface area contributed by atoms with Gasteiger partial charge in [-0.1, -0.05) is 12.1 Å². The number of ether oxygens (including phenoxy) is 2. The summed E-state index contributed by atoms with van der Waals surface area (Å²) in [5.74, 6) is 0.778. The lowest BCUT2D eigenvalue weighted by Crippen LogP contribution is -2.26. The number of benzene rings is 2. The van der Waals surface area contributed by atoms with Crippen molar-refractivity contribution in [2.45, 2.75) is 6.92 Å². The average molecular weight is 343 g/mol. The van der Waals surface area contributed by atoms with Gasteiger partial charge in [-0.15, -0.1) is 0 Å². The minimum Gasteiger partial charge on any atom is -0.504 e. The fraction of sp³-hybridized carbons (Fsp3) is 0.222. The SMILES string of the molecule is CCOc1ccc(C=NNC(=O)CNc2ccccc2OC)cc1O. The minimum absolute atomic E-state index is 0.0231. The van der Waals surface area contributed by atoms with E-state index in [0.717, 1.165) is 5.69 Å². The molecule has 0 atom stereocenters. The van der Waals surface area contributed by atoms with E-state index < -0.39 is 0 Å². The zero-order valence-electron chi connectivity index (χ0n) is 14.2. The largest absolute Gasteiger partial charge is 0.504 e. The van der Waals surface area contributed by atoms with E-state index in [1.54, 1.807) is 25.3 Å². The number of hydrogen-bond acceptors (Lipinski definition) is 6. The Bertz CT molecular complexity index is 747. The molecule has 0 aromatic heterocycles. The molecule has 0 spiro atoms. The Labute approximate surface area is 146 Å². The quantitative estimate of drug-likeness (QED) is 0.505. The van der Waals surface area contributed by atoms with Crippen LogP contribution in [0.15, 0.2) is 47.6 Å². The zero-order chi connectivity index (χ0) is 18.1. The van der Waals surface area contributed by atoms with Gasteiger partial charge in [-0.2, -0.15) is 5.10 Å². The van der Waals surface area contributed by atoms with Crippen LogP contribution in [-0.2, 0) is 4.79 Å². The number of aromatic hydroxyl groups is 1. The summed E-state index contributed by atoms with van der Waals surface area (Å²) in [7, 11) is 1.57. The lowest BCUT2D eigenvalue weighted by Gasteiger charge is -2.09. The van der Waals surface area contributed by atoms with Gasteiger partial charge in [0.1, 0.15) is 5.75 Å². The highest BCUT2D eigenvalue weighted by molar-refractivity contribution is 5.85. The molecule has 0 aliphatic heterocycles. The number of phenols is 1. The number of phenolic OH excluding ortho intramolecular Hbond substituents is 1. The Morgan fingerprint density at radius 3 is 2.76 bits per heavy atom.